The van der Waals surface area contributed by atoms with Crippen molar-refractivity contribution in [1.82, 2.24) is 4.98 Å². The van der Waals surface area contributed by atoms with Crippen molar-refractivity contribution < 1.29 is 22.3 Å². The molecule has 0 spiro atoms. The average molecular weight is 423 g/mol. The number of nitrogens with zero attached hydrogens (tertiary/aromatic N) is 1. The first kappa shape index (κ1) is 19.8. The Morgan fingerprint density at radius 2 is 1.43 bits per heavy atom. The van der Waals surface area contributed by atoms with Crippen molar-refractivity contribution in [2.75, 3.05) is 14.2 Å². The number of hydrogen-bond acceptors (Lipinski definition) is 5. The van der Waals surface area contributed by atoms with Gasteiger partial charge in [-0.15, -0.1) is 0 Å². The third kappa shape index (κ3) is 3.48. The number of benzene rings is 3. The van der Waals surface area contributed by atoms with E-state index in [0.29, 0.717) is 33.5 Å². The molecule has 0 aliphatic carbocycles. The number of fused-ring (bicyclic) bond motifs is 1. The lowest BCUT2D eigenvalue weighted by molar-refractivity contribution is 0.414. The van der Waals surface area contributed by atoms with Crippen LogP contribution in [0.4, 0.5) is 4.39 Å². The number of sulfone groups is 1. The maximum atomic E-state index is 14.1. The molecule has 0 saturated carbocycles. The van der Waals surface area contributed by atoms with Crippen LogP contribution in [-0.2, 0) is 9.84 Å². The summed E-state index contributed by atoms with van der Waals surface area (Å²) in [5, 5.41) is 0.412. The van der Waals surface area contributed by atoms with E-state index >= 15 is 0 Å². The Balaban J connectivity index is 2.01. The molecule has 0 radical (unpaired) electrons. The van der Waals surface area contributed by atoms with Gasteiger partial charge in [0.05, 0.1) is 29.5 Å². The fourth-order valence-electron chi connectivity index (χ4n) is 3.29. The van der Waals surface area contributed by atoms with Crippen molar-refractivity contribution in [3.63, 3.8) is 0 Å². The molecule has 4 rings (SSSR count). The zero-order chi connectivity index (χ0) is 21.3. The number of ether oxygens (including phenoxy) is 2. The van der Waals surface area contributed by atoms with Gasteiger partial charge in [0.25, 0.3) is 0 Å². The molecule has 1 aromatic heterocycles. The average Bonchev–Trinajstić information content (AvgIpc) is 2.78. The highest BCUT2D eigenvalue weighted by Crippen LogP contribution is 2.37. The fourth-order valence-corrected chi connectivity index (χ4v) is 4.72. The van der Waals surface area contributed by atoms with E-state index in [4.69, 9.17) is 9.47 Å². The molecule has 0 aliphatic heterocycles. The lowest BCUT2D eigenvalue weighted by Crippen LogP contribution is -2.06. The van der Waals surface area contributed by atoms with Crippen molar-refractivity contribution in [3.05, 3.63) is 78.7 Å². The van der Waals surface area contributed by atoms with E-state index in [0.717, 1.165) is 0 Å². The highest BCUT2D eigenvalue weighted by molar-refractivity contribution is 7.91. The minimum Gasteiger partial charge on any atom is -0.497 e. The minimum atomic E-state index is -3.93. The van der Waals surface area contributed by atoms with Gasteiger partial charge in [-0.3, -0.25) is 4.98 Å². The van der Waals surface area contributed by atoms with E-state index < -0.39 is 15.7 Å². The van der Waals surface area contributed by atoms with Gasteiger partial charge in [0.2, 0.25) is 9.84 Å². The summed E-state index contributed by atoms with van der Waals surface area (Å²) in [5.74, 6) is 0.698. The zero-order valence-corrected chi connectivity index (χ0v) is 17.1. The summed E-state index contributed by atoms with van der Waals surface area (Å²) < 4.78 is 51.3. The normalized spacial score (nSPS) is 11.4. The van der Waals surface area contributed by atoms with Crippen molar-refractivity contribution in [2.24, 2.45) is 0 Å². The van der Waals surface area contributed by atoms with Gasteiger partial charge in [0.1, 0.15) is 17.3 Å². The van der Waals surface area contributed by atoms with Gasteiger partial charge in [-0.05, 0) is 60.2 Å². The van der Waals surface area contributed by atoms with Crippen LogP contribution in [0.3, 0.4) is 0 Å². The van der Waals surface area contributed by atoms with Crippen LogP contribution in [0, 0.1) is 5.82 Å². The van der Waals surface area contributed by atoms with Crippen LogP contribution in [0.2, 0.25) is 0 Å². The second-order valence-electron chi connectivity index (χ2n) is 6.57. The molecule has 0 unspecified atom stereocenters. The summed E-state index contributed by atoms with van der Waals surface area (Å²) in [4.78, 5) is 4.36. The summed E-state index contributed by atoms with van der Waals surface area (Å²) >= 11 is 0. The minimum absolute atomic E-state index is 0.00377. The number of aromatic nitrogens is 1. The van der Waals surface area contributed by atoms with Gasteiger partial charge in [0.15, 0.2) is 0 Å². The summed E-state index contributed by atoms with van der Waals surface area (Å²) in [6.45, 7) is 0. The molecule has 152 valence electrons. The van der Waals surface area contributed by atoms with Crippen LogP contribution in [-0.4, -0.2) is 27.6 Å². The highest BCUT2D eigenvalue weighted by atomic mass is 32.2. The Kier molecular flexibility index (Phi) is 5.13. The van der Waals surface area contributed by atoms with Gasteiger partial charge < -0.3 is 9.47 Å². The predicted molar refractivity (Wildman–Crippen MR) is 112 cm³/mol. The molecular weight excluding hydrogens is 405 g/mol. The molecule has 0 saturated heterocycles. The van der Waals surface area contributed by atoms with Crippen LogP contribution in [0.1, 0.15) is 0 Å². The zero-order valence-electron chi connectivity index (χ0n) is 16.3. The molecule has 0 N–H and O–H groups in total. The molecule has 1 heterocycles. The first-order chi connectivity index (χ1) is 14.4. The van der Waals surface area contributed by atoms with E-state index in [1.54, 1.807) is 43.5 Å². The Bertz CT molecular complexity index is 1320. The SMILES string of the molecule is COc1ccc(-c2c(S(=O)(=O)c3ccc(OC)cc3)cnc3ccc(F)cc23)cc1. The van der Waals surface area contributed by atoms with Crippen LogP contribution in [0.25, 0.3) is 22.0 Å². The highest BCUT2D eigenvalue weighted by Gasteiger charge is 2.25. The van der Waals surface area contributed by atoms with Crippen molar-refractivity contribution in [2.45, 2.75) is 9.79 Å². The standard InChI is InChI=1S/C23H18FNO4S/c1-28-17-6-3-15(4-7-17)23-20-13-16(24)5-12-21(20)25-14-22(23)30(26,27)19-10-8-18(29-2)9-11-19/h3-14H,1-2H3. The number of halogens is 1. The van der Waals surface area contributed by atoms with E-state index in [9.17, 15) is 12.8 Å². The number of rotatable bonds is 5. The molecule has 4 aromatic rings. The van der Waals surface area contributed by atoms with E-state index in [1.165, 1.54) is 43.6 Å². The first-order valence-electron chi connectivity index (χ1n) is 9.06. The van der Waals surface area contributed by atoms with Gasteiger partial charge >= 0.3 is 0 Å². The molecule has 0 bridgehead atoms. The van der Waals surface area contributed by atoms with Gasteiger partial charge in [-0.1, -0.05) is 12.1 Å². The molecule has 30 heavy (non-hydrogen) atoms. The van der Waals surface area contributed by atoms with Gasteiger partial charge in [-0.2, -0.15) is 0 Å². The smallest absolute Gasteiger partial charge is 0.208 e. The Morgan fingerprint density at radius 1 is 0.833 bits per heavy atom. The second-order valence-corrected chi connectivity index (χ2v) is 8.48. The number of pyridine rings is 1. The van der Waals surface area contributed by atoms with E-state index in [-0.39, 0.29) is 9.79 Å². The fraction of sp³-hybridized carbons (Fsp3) is 0.0870. The van der Waals surface area contributed by atoms with Crippen LogP contribution < -0.4 is 9.47 Å². The van der Waals surface area contributed by atoms with Crippen molar-refractivity contribution >= 4 is 20.7 Å². The number of methoxy groups -OCH3 is 2. The van der Waals surface area contributed by atoms with Crippen molar-refractivity contribution in [1.29, 1.82) is 0 Å². The summed E-state index contributed by atoms with van der Waals surface area (Å²) in [6, 6.07) is 17.2. The predicted octanol–water partition coefficient (Wildman–Crippen LogP) is 4.89. The molecule has 0 amide bonds. The molecule has 0 atom stereocenters. The van der Waals surface area contributed by atoms with Gasteiger partial charge in [-0.25, -0.2) is 12.8 Å². The van der Waals surface area contributed by atoms with Crippen molar-refractivity contribution in [3.8, 4) is 22.6 Å². The molecule has 0 fully saturated rings. The monoisotopic (exact) mass is 423 g/mol. The lowest BCUT2D eigenvalue weighted by atomic mass is 10.0. The maximum absolute atomic E-state index is 14.1. The summed E-state index contributed by atoms with van der Waals surface area (Å²) in [7, 11) is -0.880. The number of hydrogen-bond donors (Lipinski definition) is 0. The quantitative estimate of drug-likeness (QED) is 0.457. The van der Waals surface area contributed by atoms with Crippen LogP contribution in [0.5, 0.6) is 11.5 Å². The van der Waals surface area contributed by atoms with E-state index in [2.05, 4.69) is 4.98 Å². The van der Waals surface area contributed by atoms with Crippen LogP contribution >= 0.6 is 0 Å². The topological polar surface area (TPSA) is 65.5 Å². The molecular formula is C23H18FNO4S. The second kappa shape index (κ2) is 7.76. The molecule has 5 nitrogen and oxygen atoms in total. The third-order valence-electron chi connectivity index (χ3n) is 4.83. The Morgan fingerprint density at radius 3 is 2.03 bits per heavy atom. The molecule has 3 aromatic carbocycles. The van der Waals surface area contributed by atoms with E-state index in [1.807, 2.05) is 0 Å². The first-order valence-corrected chi connectivity index (χ1v) is 10.5. The van der Waals surface area contributed by atoms with Crippen LogP contribution in [0.15, 0.2) is 82.7 Å². The molecule has 7 heteroatoms. The largest absolute Gasteiger partial charge is 0.497 e. The Hall–Kier alpha value is -3.45. The molecule has 0 aliphatic rings. The summed E-state index contributed by atoms with van der Waals surface area (Å²) in [6.07, 6.45) is 1.32. The van der Waals surface area contributed by atoms with Gasteiger partial charge in [0, 0.05) is 17.1 Å². The Labute approximate surface area is 173 Å². The third-order valence-corrected chi connectivity index (χ3v) is 6.61. The summed E-state index contributed by atoms with van der Waals surface area (Å²) in [5.41, 5.74) is 1.50. The maximum Gasteiger partial charge on any atom is 0.208 e. The lowest BCUT2D eigenvalue weighted by Gasteiger charge is -2.14.